The van der Waals surface area contributed by atoms with Crippen molar-refractivity contribution in [1.82, 2.24) is 14.5 Å². The molecule has 0 atom stereocenters. The molecular formula is C20H29N5O3S. The fourth-order valence-corrected chi connectivity index (χ4v) is 3.72. The molecule has 0 unspecified atom stereocenters. The third-order valence-corrected chi connectivity index (χ3v) is 5.09. The van der Waals surface area contributed by atoms with Crippen LogP contribution in [0.5, 0.6) is 0 Å². The number of pyridine rings is 1. The number of carbonyl (C=O) groups is 1. The maximum absolute atomic E-state index is 13.0. The number of hydrogen-bond acceptors (Lipinski definition) is 6. The lowest BCUT2D eigenvalue weighted by Crippen LogP contribution is -2.43. The first kappa shape index (κ1) is 22.7. The van der Waals surface area contributed by atoms with Gasteiger partial charge in [0.15, 0.2) is 5.69 Å². The third kappa shape index (κ3) is 6.22. The predicted octanol–water partition coefficient (Wildman–Crippen LogP) is 2.09. The summed E-state index contributed by atoms with van der Waals surface area (Å²) in [6.07, 6.45) is 3.46. The lowest BCUT2D eigenvalue weighted by atomic mass is 10.2. The Kier molecular flexibility index (Phi) is 8.07. The number of nitrogens with zero attached hydrogens (tertiary/aromatic N) is 3. The Labute approximate surface area is 174 Å². The monoisotopic (exact) mass is 419 g/mol. The Bertz CT molecular complexity index is 937. The van der Waals surface area contributed by atoms with E-state index in [0.717, 1.165) is 5.56 Å². The van der Waals surface area contributed by atoms with Crippen LogP contribution in [0.1, 0.15) is 33.3 Å². The number of nitrogens with one attached hydrogen (secondary N) is 1. The number of thioether (sulfide) groups is 1. The van der Waals surface area contributed by atoms with Crippen LogP contribution in [0.2, 0.25) is 0 Å². The van der Waals surface area contributed by atoms with Crippen molar-refractivity contribution in [2.24, 2.45) is 11.8 Å². The molecule has 8 nitrogen and oxygen atoms in total. The minimum absolute atomic E-state index is 0.0266. The van der Waals surface area contributed by atoms with Gasteiger partial charge in [-0.15, -0.1) is 11.8 Å². The molecule has 0 bridgehead atoms. The van der Waals surface area contributed by atoms with Crippen LogP contribution in [0.4, 0.5) is 11.5 Å². The smallest absolute Gasteiger partial charge is 0.330 e. The van der Waals surface area contributed by atoms with E-state index < -0.39 is 11.2 Å². The molecular weight excluding hydrogens is 390 g/mol. The third-order valence-electron chi connectivity index (χ3n) is 4.10. The van der Waals surface area contributed by atoms with Crippen LogP contribution in [0.3, 0.4) is 0 Å². The van der Waals surface area contributed by atoms with Gasteiger partial charge in [0.2, 0.25) is 5.91 Å². The van der Waals surface area contributed by atoms with Gasteiger partial charge in [0.05, 0.1) is 5.75 Å². The van der Waals surface area contributed by atoms with Gasteiger partial charge in [0.25, 0.3) is 5.56 Å². The summed E-state index contributed by atoms with van der Waals surface area (Å²) in [5, 5.41) is 0. The average molecular weight is 420 g/mol. The number of carbonyl (C=O) groups excluding carboxylic acids is 1. The van der Waals surface area contributed by atoms with Gasteiger partial charge >= 0.3 is 5.69 Å². The van der Waals surface area contributed by atoms with Crippen molar-refractivity contribution < 1.29 is 4.79 Å². The summed E-state index contributed by atoms with van der Waals surface area (Å²) in [4.78, 5) is 45.5. The largest absolute Gasteiger partial charge is 0.383 e. The highest BCUT2D eigenvalue weighted by Gasteiger charge is 2.25. The molecule has 1 amide bonds. The molecule has 29 heavy (non-hydrogen) atoms. The summed E-state index contributed by atoms with van der Waals surface area (Å²) in [5.74, 6) is 0.889. The van der Waals surface area contributed by atoms with Gasteiger partial charge in [-0.2, -0.15) is 0 Å². The maximum atomic E-state index is 13.0. The number of rotatable bonds is 9. The van der Waals surface area contributed by atoms with E-state index in [0.29, 0.717) is 18.8 Å². The van der Waals surface area contributed by atoms with Crippen molar-refractivity contribution in [2.75, 3.05) is 22.9 Å². The van der Waals surface area contributed by atoms with Gasteiger partial charge in [0.1, 0.15) is 5.82 Å². The topological polar surface area (TPSA) is 114 Å². The van der Waals surface area contributed by atoms with E-state index in [-0.39, 0.29) is 35.0 Å². The van der Waals surface area contributed by atoms with Crippen LogP contribution >= 0.6 is 11.8 Å². The molecule has 0 saturated carbocycles. The zero-order chi connectivity index (χ0) is 21.6. The molecule has 2 rings (SSSR count). The summed E-state index contributed by atoms with van der Waals surface area (Å²) >= 11 is 1.44. The van der Waals surface area contributed by atoms with Crippen molar-refractivity contribution in [3.63, 3.8) is 0 Å². The average Bonchev–Trinajstić information content (AvgIpc) is 2.64. The quantitative estimate of drug-likeness (QED) is 0.643. The van der Waals surface area contributed by atoms with Crippen molar-refractivity contribution in [2.45, 2.75) is 40.0 Å². The molecule has 0 radical (unpaired) electrons. The van der Waals surface area contributed by atoms with Crippen molar-refractivity contribution >= 4 is 29.2 Å². The fraction of sp³-hybridized carbons (Fsp3) is 0.500. The highest BCUT2D eigenvalue weighted by atomic mass is 32.2. The summed E-state index contributed by atoms with van der Waals surface area (Å²) in [5.41, 5.74) is 6.06. The molecule has 2 heterocycles. The Morgan fingerprint density at radius 1 is 1.28 bits per heavy atom. The number of aromatic nitrogens is 3. The van der Waals surface area contributed by atoms with Gasteiger partial charge in [-0.25, -0.2) is 4.79 Å². The Morgan fingerprint density at radius 2 is 2.00 bits per heavy atom. The second-order valence-electron chi connectivity index (χ2n) is 7.75. The second-order valence-corrected chi connectivity index (χ2v) is 8.74. The summed E-state index contributed by atoms with van der Waals surface area (Å²) in [6.45, 7) is 8.49. The number of nitrogen functional groups attached to an aromatic ring is 1. The molecule has 2 aromatic rings. The maximum Gasteiger partial charge on any atom is 0.330 e. The molecule has 0 aromatic carbocycles. The van der Waals surface area contributed by atoms with Crippen LogP contribution in [-0.4, -0.2) is 32.7 Å². The first-order chi connectivity index (χ1) is 13.7. The molecule has 0 aliphatic carbocycles. The van der Waals surface area contributed by atoms with E-state index in [4.69, 9.17) is 5.73 Å². The molecule has 0 fully saturated rings. The number of H-pyrrole nitrogens is 1. The zero-order valence-corrected chi connectivity index (χ0v) is 18.2. The fourth-order valence-electron chi connectivity index (χ4n) is 2.89. The van der Waals surface area contributed by atoms with Crippen molar-refractivity contribution in [1.29, 1.82) is 0 Å². The van der Waals surface area contributed by atoms with Crippen molar-refractivity contribution in [3.8, 4) is 0 Å². The standard InChI is InChI=1S/C20H29N5O3S/c1-13(2)9-24(16(26)12-29-11-15-6-5-7-22-8-15)17-18(21)25(10-14(3)4)20(28)23-19(17)27/h5-8,13-14H,9-12,21H2,1-4H3,(H,23,27,28). The Morgan fingerprint density at radius 3 is 2.59 bits per heavy atom. The molecule has 0 aliphatic rings. The second kappa shape index (κ2) is 10.3. The van der Waals surface area contributed by atoms with E-state index in [1.54, 1.807) is 12.4 Å². The molecule has 2 aromatic heterocycles. The predicted molar refractivity (Wildman–Crippen MR) is 118 cm³/mol. The highest BCUT2D eigenvalue weighted by Crippen LogP contribution is 2.21. The van der Waals surface area contributed by atoms with Crippen LogP contribution in [0, 0.1) is 11.8 Å². The highest BCUT2D eigenvalue weighted by molar-refractivity contribution is 7.99. The number of anilines is 2. The van der Waals surface area contributed by atoms with Crippen LogP contribution in [0.25, 0.3) is 0 Å². The Hall–Kier alpha value is -2.55. The lowest BCUT2D eigenvalue weighted by Gasteiger charge is -2.26. The molecule has 3 N–H and O–H groups in total. The van der Waals surface area contributed by atoms with Gasteiger partial charge in [0, 0.05) is 31.2 Å². The minimum Gasteiger partial charge on any atom is -0.383 e. The van der Waals surface area contributed by atoms with Crippen LogP contribution in [-0.2, 0) is 17.1 Å². The normalized spacial score (nSPS) is 11.2. The zero-order valence-electron chi connectivity index (χ0n) is 17.3. The van der Waals surface area contributed by atoms with E-state index in [1.165, 1.54) is 21.2 Å². The van der Waals surface area contributed by atoms with E-state index in [9.17, 15) is 14.4 Å². The summed E-state index contributed by atoms with van der Waals surface area (Å²) < 4.78 is 1.32. The molecule has 0 aliphatic heterocycles. The van der Waals surface area contributed by atoms with E-state index in [2.05, 4.69) is 9.97 Å². The first-order valence-corrected chi connectivity index (χ1v) is 10.8. The number of hydrogen-bond donors (Lipinski definition) is 2. The van der Waals surface area contributed by atoms with Gasteiger partial charge in [-0.1, -0.05) is 33.8 Å². The van der Waals surface area contributed by atoms with Gasteiger partial charge in [-0.3, -0.25) is 24.1 Å². The minimum atomic E-state index is -0.640. The summed E-state index contributed by atoms with van der Waals surface area (Å²) in [6, 6.07) is 3.79. The lowest BCUT2D eigenvalue weighted by molar-refractivity contribution is -0.116. The van der Waals surface area contributed by atoms with Crippen LogP contribution in [0.15, 0.2) is 34.1 Å². The van der Waals surface area contributed by atoms with Gasteiger partial charge < -0.3 is 10.6 Å². The SMILES string of the molecule is CC(C)CN(C(=O)CSCc1cccnc1)c1c(N)n(CC(C)C)c(=O)[nH]c1=O. The molecule has 0 saturated heterocycles. The molecule has 158 valence electrons. The first-order valence-electron chi connectivity index (χ1n) is 9.60. The summed E-state index contributed by atoms with van der Waals surface area (Å²) in [7, 11) is 0. The number of amides is 1. The van der Waals surface area contributed by atoms with Crippen molar-refractivity contribution in [3.05, 3.63) is 50.9 Å². The molecule has 0 spiro atoms. The molecule has 9 heteroatoms. The van der Waals surface area contributed by atoms with E-state index in [1.807, 2.05) is 39.8 Å². The Balaban J connectivity index is 2.30. The van der Waals surface area contributed by atoms with Crippen LogP contribution < -0.4 is 21.9 Å². The number of nitrogens with two attached hydrogens (primary N) is 1. The number of aromatic amines is 1. The van der Waals surface area contributed by atoms with Gasteiger partial charge in [-0.05, 0) is 23.5 Å². The van der Waals surface area contributed by atoms with E-state index >= 15 is 0 Å².